The van der Waals surface area contributed by atoms with E-state index in [2.05, 4.69) is 44.3 Å². The fourth-order valence-corrected chi connectivity index (χ4v) is 4.41. The standard InChI is InChI=1S/C23H24N2O3S/c1-4-17-10-18-8-14(2)7-15(3)22(18)25-23(17)29-12-21(26)24-11-16-5-6-19-20(9-16)28-13-27-19/h5-10H,4,11-13H2,1-3H3,(H,24,26). The topological polar surface area (TPSA) is 60.5 Å². The fraction of sp³-hybridized carbons (Fsp3) is 0.304. The maximum absolute atomic E-state index is 12.4. The number of aryl methyl sites for hydroxylation is 3. The summed E-state index contributed by atoms with van der Waals surface area (Å²) in [6.45, 7) is 7.01. The molecule has 5 nitrogen and oxygen atoms in total. The molecule has 1 N–H and O–H groups in total. The van der Waals surface area contributed by atoms with Crippen molar-refractivity contribution in [3.05, 3.63) is 58.7 Å². The molecular weight excluding hydrogens is 384 g/mol. The molecule has 0 bridgehead atoms. The number of carbonyl (C=O) groups is 1. The van der Waals surface area contributed by atoms with Crippen molar-refractivity contribution in [3.63, 3.8) is 0 Å². The van der Waals surface area contributed by atoms with E-state index in [1.165, 1.54) is 22.9 Å². The summed E-state index contributed by atoms with van der Waals surface area (Å²) < 4.78 is 10.7. The third kappa shape index (κ3) is 4.32. The summed E-state index contributed by atoms with van der Waals surface area (Å²) in [6, 6.07) is 12.2. The minimum atomic E-state index is -0.0164. The van der Waals surface area contributed by atoms with Crippen LogP contribution in [-0.4, -0.2) is 23.4 Å². The fourth-order valence-electron chi connectivity index (χ4n) is 3.49. The van der Waals surface area contributed by atoms with Crippen molar-refractivity contribution in [3.8, 4) is 11.5 Å². The Hall–Kier alpha value is -2.73. The number of carbonyl (C=O) groups excluding carboxylic acids is 1. The lowest BCUT2D eigenvalue weighted by molar-refractivity contribution is -0.118. The Bertz CT molecular complexity index is 1080. The van der Waals surface area contributed by atoms with E-state index >= 15 is 0 Å². The number of nitrogens with one attached hydrogen (secondary N) is 1. The summed E-state index contributed by atoms with van der Waals surface area (Å²) in [7, 11) is 0. The molecule has 1 amide bonds. The van der Waals surface area contributed by atoms with Gasteiger partial charge in [0.1, 0.15) is 5.03 Å². The predicted molar refractivity (Wildman–Crippen MR) is 116 cm³/mol. The van der Waals surface area contributed by atoms with Gasteiger partial charge in [-0.3, -0.25) is 4.79 Å². The molecule has 0 unspecified atom stereocenters. The van der Waals surface area contributed by atoms with E-state index in [4.69, 9.17) is 14.5 Å². The first-order valence-corrected chi connectivity index (χ1v) is 10.7. The van der Waals surface area contributed by atoms with E-state index in [0.717, 1.165) is 45.0 Å². The van der Waals surface area contributed by atoms with E-state index in [-0.39, 0.29) is 12.7 Å². The number of amides is 1. The highest BCUT2D eigenvalue weighted by atomic mass is 32.2. The van der Waals surface area contributed by atoms with Gasteiger partial charge in [0.25, 0.3) is 0 Å². The third-order valence-electron chi connectivity index (χ3n) is 4.94. The lowest BCUT2D eigenvalue weighted by Crippen LogP contribution is -2.24. The molecule has 0 fully saturated rings. The number of benzene rings is 2. The molecule has 3 aromatic rings. The number of nitrogens with zero attached hydrogens (tertiary/aromatic N) is 1. The molecule has 0 radical (unpaired) electrons. The van der Waals surface area contributed by atoms with Crippen LogP contribution in [0.1, 0.15) is 29.2 Å². The molecule has 150 valence electrons. The molecule has 1 aliphatic rings. The second-order valence-corrected chi connectivity index (χ2v) is 8.18. The smallest absolute Gasteiger partial charge is 0.231 e. The molecule has 0 atom stereocenters. The van der Waals surface area contributed by atoms with Crippen LogP contribution in [0.5, 0.6) is 11.5 Å². The maximum Gasteiger partial charge on any atom is 0.231 e. The molecule has 0 spiro atoms. The van der Waals surface area contributed by atoms with Crippen molar-refractivity contribution in [1.29, 1.82) is 0 Å². The van der Waals surface area contributed by atoms with Crippen molar-refractivity contribution in [2.24, 2.45) is 0 Å². The number of fused-ring (bicyclic) bond motifs is 2. The highest BCUT2D eigenvalue weighted by Crippen LogP contribution is 2.32. The highest BCUT2D eigenvalue weighted by Gasteiger charge is 2.14. The number of hydrogen-bond acceptors (Lipinski definition) is 5. The van der Waals surface area contributed by atoms with Crippen molar-refractivity contribution in [2.45, 2.75) is 38.8 Å². The Morgan fingerprint density at radius 2 is 1.97 bits per heavy atom. The van der Waals surface area contributed by atoms with Gasteiger partial charge in [-0.15, -0.1) is 0 Å². The Kier molecular flexibility index (Phi) is 5.62. The number of ether oxygens (including phenoxy) is 2. The summed E-state index contributed by atoms with van der Waals surface area (Å²) >= 11 is 1.49. The zero-order valence-electron chi connectivity index (χ0n) is 16.9. The summed E-state index contributed by atoms with van der Waals surface area (Å²) in [6.07, 6.45) is 0.886. The van der Waals surface area contributed by atoms with Crippen LogP contribution >= 0.6 is 11.8 Å². The Labute approximate surface area is 174 Å². The zero-order valence-corrected chi connectivity index (χ0v) is 17.7. The van der Waals surface area contributed by atoms with E-state index in [1.807, 2.05) is 18.2 Å². The molecule has 0 aliphatic carbocycles. The zero-order chi connectivity index (χ0) is 20.4. The molecule has 6 heteroatoms. The number of hydrogen-bond donors (Lipinski definition) is 1. The van der Waals surface area contributed by atoms with Crippen LogP contribution in [0, 0.1) is 13.8 Å². The van der Waals surface area contributed by atoms with E-state index in [1.54, 1.807) is 0 Å². The van der Waals surface area contributed by atoms with Crippen molar-refractivity contribution in [2.75, 3.05) is 12.5 Å². The first kappa shape index (κ1) is 19.6. The van der Waals surface area contributed by atoms with Crippen LogP contribution < -0.4 is 14.8 Å². The monoisotopic (exact) mass is 408 g/mol. The Morgan fingerprint density at radius 1 is 1.14 bits per heavy atom. The second kappa shape index (κ2) is 8.33. The molecule has 2 aromatic carbocycles. The molecule has 1 aromatic heterocycles. The predicted octanol–water partition coefficient (Wildman–Crippen LogP) is 4.55. The van der Waals surface area contributed by atoms with Gasteiger partial charge in [0.05, 0.1) is 11.3 Å². The van der Waals surface area contributed by atoms with Gasteiger partial charge in [-0.05, 0) is 61.2 Å². The molecular formula is C23H24N2O3S. The SMILES string of the molecule is CCc1cc2cc(C)cc(C)c2nc1SCC(=O)NCc1ccc2c(c1)OCO2. The van der Waals surface area contributed by atoms with Crippen LogP contribution in [0.15, 0.2) is 41.4 Å². The van der Waals surface area contributed by atoms with Gasteiger partial charge in [0.15, 0.2) is 11.5 Å². The number of pyridine rings is 1. The van der Waals surface area contributed by atoms with Gasteiger partial charge >= 0.3 is 0 Å². The van der Waals surface area contributed by atoms with E-state index in [0.29, 0.717) is 12.3 Å². The van der Waals surface area contributed by atoms with Crippen LogP contribution in [0.4, 0.5) is 0 Å². The van der Waals surface area contributed by atoms with Crippen LogP contribution in [0.3, 0.4) is 0 Å². The third-order valence-corrected chi connectivity index (χ3v) is 5.97. The summed E-state index contributed by atoms with van der Waals surface area (Å²) in [4.78, 5) is 17.3. The minimum Gasteiger partial charge on any atom is -0.454 e. The minimum absolute atomic E-state index is 0.0164. The number of thioether (sulfide) groups is 1. The Morgan fingerprint density at radius 3 is 2.79 bits per heavy atom. The first-order chi connectivity index (χ1) is 14.0. The van der Waals surface area contributed by atoms with Gasteiger partial charge < -0.3 is 14.8 Å². The summed E-state index contributed by atoms with van der Waals surface area (Å²) in [5, 5.41) is 5.07. The number of rotatable bonds is 6. The van der Waals surface area contributed by atoms with Crippen molar-refractivity contribution < 1.29 is 14.3 Å². The van der Waals surface area contributed by atoms with Crippen LogP contribution in [0.25, 0.3) is 10.9 Å². The van der Waals surface area contributed by atoms with Gasteiger partial charge in [0, 0.05) is 11.9 Å². The lowest BCUT2D eigenvalue weighted by Gasteiger charge is -2.11. The van der Waals surface area contributed by atoms with Crippen molar-refractivity contribution >= 4 is 28.6 Å². The van der Waals surface area contributed by atoms with Gasteiger partial charge in [-0.2, -0.15) is 0 Å². The first-order valence-electron chi connectivity index (χ1n) is 9.72. The molecule has 1 aliphatic heterocycles. The quantitative estimate of drug-likeness (QED) is 0.606. The van der Waals surface area contributed by atoms with E-state index < -0.39 is 0 Å². The maximum atomic E-state index is 12.4. The van der Waals surface area contributed by atoms with Gasteiger partial charge in [0.2, 0.25) is 12.7 Å². The highest BCUT2D eigenvalue weighted by molar-refractivity contribution is 7.99. The normalized spacial score (nSPS) is 12.4. The van der Waals surface area contributed by atoms with Gasteiger partial charge in [-0.25, -0.2) is 4.98 Å². The molecule has 4 rings (SSSR count). The summed E-state index contributed by atoms with van der Waals surface area (Å²) in [5.74, 6) is 1.79. The van der Waals surface area contributed by atoms with Gasteiger partial charge in [-0.1, -0.05) is 36.4 Å². The molecule has 0 saturated carbocycles. The van der Waals surface area contributed by atoms with Crippen molar-refractivity contribution in [1.82, 2.24) is 10.3 Å². The van der Waals surface area contributed by atoms with Crippen LogP contribution in [0.2, 0.25) is 0 Å². The number of aromatic nitrogens is 1. The lowest BCUT2D eigenvalue weighted by atomic mass is 10.0. The average Bonchev–Trinajstić information content (AvgIpc) is 3.18. The summed E-state index contributed by atoms with van der Waals surface area (Å²) in [5.41, 5.74) is 5.57. The Balaban J connectivity index is 1.41. The second-order valence-electron chi connectivity index (χ2n) is 7.21. The molecule has 2 heterocycles. The largest absolute Gasteiger partial charge is 0.454 e. The molecule has 29 heavy (non-hydrogen) atoms. The van der Waals surface area contributed by atoms with E-state index in [9.17, 15) is 4.79 Å². The van der Waals surface area contributed by atoms with Crippen LogP contribution in [-0.2, 0) is 17.8 Å². The average molecular weight is 409 g/mol. The molecule has 0 saturated heterocycles.